The van der Waals surface area contributed by atoms with Gasteiger partial charge in [-0.05, 0) is 86.5 Å². The summed E-state index contributed by atoms with van der Waals surface area (Å²) in [5.41, 5.74) is 6.65. The number of carbonyl (C=O) groups is 1. The number of fused-ring (bicyclic) bond motifs is 1. The van der Waals surface area contributed by atoms with Crippen molar-refractivity contribution in [2.24, 2.45) is 10.1 Å². The monoisotopic (exact) mass is 471 g/mol. The van der Waals surface area contributed by atoms with E-state index in [1.54, 1.807) is 24.3 Å². The van der Waals surface area contributed by atoms with Crippen LogP contribution in [0.2, 0.25) is 0 Å². The van der Waals surface area contributed by atoms with Gasteiger partial charge in [0, 0.05) is 22.6 Å². The minimum absolute atomic E-state index is 0.0784. The van der Waals surface area contributed by atoms with Crippen LogP contribution in [0.15, 0.2) is 64.2 Å². The molecule has 1 amide bonds. The summed E-state index contributed by atoms with van der Waals surface area (Å²) in [4.78, 5) is 17.0. The second-order valence-corrected chi connectivity index (χ2v) is 9.31. The van der Waals surface area contributed by atoms with Gasteiger partial charge in [-0.25, -0.2) is 4.39 Å². The highest BCUT2D eigenvalue weighted by atomic mass is 32.2. The number of hydrogen-bond donors (Lipinski definition) is 1. The number of amides is 1. The average Bonchev–Trinajstić information content (AvgIpc) is 3.33. The van der Waals surface area contributed by atoms with Crippen LogP contribution in [0.4, 0.5) is 4.39 Å². The number of carbonyl (C=O) groups excluding carboxylic acids is 1. The zero-order valence-electron chi connectivity index (χ0n) is 19.2. The fraction of sp³-hybridized carbons (Fsp3) is 0.154. The van der Waals surface area contributed by atoms with Crippen LogP contribution >= 0.6 is 11.8 Å². The van der Waals surface area contributed by atoms with Crippen molar-refractivity contribution in [3.05, 3.63) is 93.6 Å². The van der Waals surface area contributed by atoms with E-state index >= 15 is 0 Å². The quantitative estimate of drug-likeness (QED) is 0.512. The molecule has 3 aromatic rings. The molecule has 0 spiro atoms. The van der Waals surface area contributed by atoms with Gasteiger partial charge in [-0.3, -0.25) is 10.2 Å². The normalized spacial score (nSPS) is 16.7. The fourth-order valence-corrected chi connectivity index (χ4v) is 5.07. The van der Waals surface area contributed by atoms with Crippen molar-refractivity contribution >= 4 is 39.8 Å². The van der Waals surface area contributed by atoms with Gasteiger partial charge in [-0.2, -0.15) is 15.1 Å². The van der Waals surface area contributed by atoms with Crippen LogP contribution in [0.25, 0.3) is 11.8 Å². The van der Waals surface area contributed by atoms with Crippen molar-refractivity contribution in [3.63, 3.8) is 0 Å². The summed E-state index contributed by atoms with van der Waals surface area (Å²) in [6.45, 7) is 8.14. The molecule has 1 aromatic heterocycles. The first kappa shape index (κ1) is 22.0. The molecule has 2 aliphatic heterocycles. The van der Waals surface area contributed by atoms with E-state index in [0.29, 0.717) is 10.6 Å². The predicted octanol–water partition coefficient (Wildman–Crippen LogP) is 5.52. The van der Waals surface area contributed by atoms with Gasteiger partial charge in [0.05, 0.1) is 5.57 Å². The molecule has 1 N–H and O–H groups in total. The molecular formula is C26H22FN5OS. The maximum atomic E-state index is 14.2. The Hall–Kier alpha value is -3.78. The fourth-order valence-electron chi connectivity index (χ4n) is 4.16. The molecule has 0 fully saturated rings. The lowest BCUT2D eigenvalue weighted by Gasteiger charge is -2.20. The number of aromatic nitrogens is 1. The third-order valence-electron chi connectivity index (χ3n) is 5.93. The maximum Gasteiger partial charge on any atom is 0.283 e. The highest BCUT2D eigenvalue weighted by Crippen LogP contribution is 2.32. The summed E-state index contributed by atoms with van der Waals surface area (Å²) in [7, 11) is 0. The third kappa shape index (κ3) is 3.60. The number of benzene rings is 2. The molecule has 0 saturated heterocycles. The Kier molecular flexibility index (Phi) is 5.32. The molecule has 0 unspecified atom stereocenters. The third-order valence-corrected chi connectivity index (χ3v) is 6.88. The van der Waals surface area contributed by atoms with Gasteiger partial charge in [0.15, 0.2) is 5.84 Å². The summed E-state index contributed by atoms with van der Waals surface area (Å²) in [6, 6.07) is 14.6. The van der Waals surface area contributed by atoms with Crippen molar-refractivity contribution in [2.45, 2.75) is 27.7 Å². The molecule has 3 heterocycles. The molecule has 2 aliphatic rings. The van der Waals surface area contributed by atoms with E-state index in [1.165, 1.54) is 11.1 Å². The maximum absolute atomic E-state index is 14.2. The summed E-state index contributed by atoms with van der Waals surface area (Å²) in [5, 5.41) is 14.9. The number of nitrogens with one attached hydrogen (secondary N) is 1. The van der Waals surface area contributed by atoms with E-state index in [4.69, 9.17) is 5.41 Å². The predicted molar refractivity (Wildman–Crippen MR) is 135 cm³/mol. The number of halogens is 1. The Labute approximate surface area is 201 Å². The van der Waals surface area contributed by atoms with Crippen LogP contribution in [0.3, 0.4) is 0 Å². The Bertz CT molecular complexity index is 1480. The van der Waals surface area contributed by atoms with Crippen molar-refractivity contribution in [1.82, 2.24) is 9.58 Å². The van der Waals surface area contributed by atoms with Gasteiger partial charge in [0.2, 0.25) is 5.17 Å². The van der Waals surface area contributed by atoms with Gasteiger partial charge in [0.25, 0.3) is 5.91 Å². The zero-order chi connectivity index (χ0) is 24.1. The molecule has 0 atom stereocenters. The van der Waals surface area contributed by atoms with Crippen molar-refractivity contribution < 1.29 is 9.18 Å². The molecule has 5 rings (SSSR count). The number of hydrazone groups is 1. The molecule has 34 heavy (non-hydrogen) atoms. The Balaban J connectivity index is 1.54. The van der Waals surface area contributed by atoms with Gasteiger partial charge in [-0.15, -0.1) is 0 Å². The molecule has 0 bridgehead atoms. The van der Waals surface area contributed by atoms with Gasteiger partial charge in [-0.1, -0.05) is 24.3 Å². The second kappa shape index (κ2) is 8.22. The highest BCUT2D eigenvalue weighted by molar-refractivity contribution is 8.27. The Morgan fingerprint density at radius 2 is 1.82 bits per heavy atom. The molecule has 2 aromatic carbocycles. The van der Waals surface area contributed by atoms with E-state index in [-0.39, 0.29) is 16.6 Å². The molecular weight excluding hydrogens is 449 g/mol. The summed E-state index contributed by atoms with van der Waals surface area (Å²) < 4.78 is 16.4. The minimum atomic E-state index is -0.509. The summed E-state index contributed by atoms with van der Waals surface area (Å²) >= 11 is 1.08. The topological polar surface area (TPSA) is 73.8 Å². The van der Waals surface area contributed by atoms with Crippen LogP contribution in [-0.2, 0) is 4.79 Å². The minimum Gasteiger partial charge on any atom is -0.318 e. The van der Waals surface area contributed by atoms with E-state index in [2.05, 4.69) is 46.7 Å². The lowest BCUT2D eigenvalue weighted by Crippen LogP contribution is -2.35. The number of rotatable bonds is 3. The van der Waals surface area contributed by atoms with Crippen LogP contribution < -0.4 is 0 Å². The average molecular weight is 472 g/mol. The number of amidine groups is 2. The Morgan fingerprint density at radius 1 is 1.06 bits per heavy atom. The first-order chi connectivity index (χ1) is 16.2. The Morgan fingerprint density at radius 3 is 2.59 bits per heavy atom. The standard InChI is InChI=1S/C26H22FN5OS/c1-14-9-10-15(2)22(11-14)31-16(3)12-18(17(31)4)13-20-23(28)32-26(29-24(20)33)34-25(30-32)19-7-5-6-8-21(19)27/h5-13,28H,1-4H3/b20-13+,28-23?. The number of thioether (sulfide) groups is 1. The molecule has 170 valence electrons. The smallest absolute Gasteiger partial charge is 0.283 e. The van der Waals surface area contributed by atoms with Crippen LogP contribution in [0, 0.1) is 38.9 Å². The molecule has 0 aliphatic carbocycles. The zero-order valence-corrected chi connectivity index (χ0v) is 20.0. The van der Waals surface area contributed by atoms with E-state index < -0.39 is 11.7 Å². The number of aliphatic imine (C=N–C) groups is 1. The van der Waals surface area contributed by atoms with Crippen LogP contribution in [0.1, 0.15) is 33.6 Å². The largest absolute Gasteiger partial charge is 0.318 e. The van der Waals surface area contributed by atoms with Gasteiger partial charge in [0.1, 0.15) is 10.9 Å². The van der Waals surface area contributed by atoms with E-state index in [0.717, 1.165) is 45.5 Å². The summed E-state index contributed by atoms with van der Waals surface area (Å²) in [5.74, 6) is -1.00. The number of nitrogens with zero attached hydrogens (tertiary/aromatic N) is 4. The summed E-state index contributed by atoms with van der Waals surface area (Å²) in [6.07, 6.45) is 1.69. The van der Waals surface area contributed by atoms with Crippen LogP contribution in [-0.4, -0.2) is 31.5 Å². The van der Waals surface area contributed by atoms with Crippen LogP contribution in [0.5, 0.6) is 0 Å². The van der Waals surface area contributed by atoms with E-state index in [9.17, 15) is 9.18 Å². The SMILES string of the molecule is Cc1ccc(C)c(-n2c(C)cc(/C=C3\C(=N)N4N=C(c5ccccc5F)SC4=NC3=O)c2C)c1. The van der Waals surface area contributed by atoms with Crippen molar-refractivity contribution in [2.75, 3.05) is 0 Å². The highest BCUT2D eigenvalue weighted by Gasteiger charge is 2.36. The van der Waals surface area contributed by atoms with Crippen molar-refractivity contribution in [1.29, 1.82) is 5.41 Å². The lowest BCUT2D eigenvalue weighted by molar-refractivity contribution is -0.114. The van der Waals surface area contributed by atoms with Gasteiger partial charge >= 0.3 is 0 Å². The molecule has 0 saturated carbocycles. The van der Waals surface area contributed by atoms with Crippen molar-refractivity contribution in [3.8, 4) is 5.69 Å². The molecule has 0 radical (unpaired) electrons. The molecule has 8 heteroatoms. The van der Waals surface area contributed by atoms with Gasteiger partial charge < -0.3 is 4.57 Å². The number of aryl methyl sites for hydroxylation is 3. The first-order valence-electron chi connectivity index (χ1n) is 10.8. The lowest BCUT2D eigenvalue weighted by atomic mass is 10.1. The first-order valence-corrected chi connectivity index (χ1v) is 11.6. The number of hydrogen-bond acceptors (Lipinski definition) is 4. The molecule has 6 nitrogen and oxygen atoms in total. The second-order valence-electron chi connectivity index (χ2n) is 8.36. The van der Waals surface area contributed by atoms with E-state index in [1.807, 2.05) is 19.9 Å².